The molecule has 0 aliphatic rings. The van der Waals surface area contributed by atoms with Crippen LogP contribution < -0.4 is 10.6 Å². The van der Waals surface area contributed by atoms with Crippen molar-refractivity contribution in [2.24, 2.45) is 7.05 Å². The molecular formula is C26H20F3N7O. The van der Waals surface area contributed by atoms with Gasteiger partial charge in [0.25, 0.3) is 5.91 Å². The second kappa shape index (κ2) is 9.34. The maximum Gasteiger partial charge on any atom is 0.416 e. The first-order valence-electron chi connectivity index (χ1n) is 11.1. The zero-order chi connectivity index (χ0) is 26.2. The number of imidazole rings is 1. The van der Waals surface area contributed by atoms with Crippen LogP contribution in [0.4, 0.5) is 30.4 Å². The lowest BCUT2D eigenvalue weighted by Crippen LogP contribution is -2.13. The van der Waals surface area contributed by atoms with Gasteiger partial charge in [0.15, 0.2) is 22.8 Å². The van der Waals surface area contributed by atoms with Gasteiger partial charge in [-0.1, -0.05) is 12.1 Å². The molecule has 3 heterocycles. The minimum absolute atomic E-state index is 0.0443. The zero-order valence-electron chi connectivity index (χ0n) is 19.7. The van der Waals surface area contributed by atoms with Gasteiger partial charge in [0.1, 0.15) is 0 Å². The summed E-state index contributed by atoms with van der Waals surface area (Å²) >= 11 is 0. The van der Waals surface area contributed by atoms with Gasteiger partial charge in [0.2, 0.25) is 0 Å². The largest absolute Gasteiger partial charge is 0.416 e. The van der Waals surface area contributed by atoms with Crippen molar-refractivity contribution in [1.29, 1.82) is 0 Å². The molecule has 2 N–H and O–H groups in total. The molecule has 0 aliphatic heterocycles. The molecule has 0 fully saturated rings. The number of aryl methyl sites for hydroxylation is 2. The van der Waals surface area contributed by atoms with E-state index in [-0.39, 0.29) is 11.3 Å². The number of alkyl halides is 3. The average molecular weight is 503 g/mol. The van der Waals surface area contributed by atoms with E-state index in [0.29, 0.717) is 28.5 Å². The first kappa shape index (κ1) is 23.9. The number of anilines is 3. The number of hydrogen-bond donors (Lipinski definition) is 2. The van der Waals surface area contributed by atoms with Crippen molar-refractivity contribution >= 4 is 34.3 Å². The molecule has 5 rings (SSSR count). The summed E-state index contributed by atoms with van der Waals surface area (Å²) in [6.45, 7) is 1.86. The number of carbonyl (C=O) groups excluding carboxylic acids is 1. The molecule has 0 unspecified atom stereocenters. The summed E-state index contributed by atoms with van der Waals surface area (Å²) < 4.78 is 40.9. The molecule has 0 saturated heterocycles. The molecule has 0 saturated carbocycles. The maximum absolute atomic E-state index is 13.0. The minimum atomic E-state index is -4.51. The number of fused-ring (bicyclic) bond motifs is 1. The Hall–Kier alpha value is -4.80. The number of nitrogens with zero attached hydrogens (tertiary/aromatic N) is 5. The molecule has 11 heteroatoms. The van der Waals surface area contributed by atoms with E-state index in [9.17, 15) is 18.0 Å². The number of halogens is 3. The van der Waals surface area contributed by atoms with Gasteiger partial charge in [0, 0.05) is 41.9 Å². The van der Waals surface area contributed by atoms with E-state index < -0.39 is 17.6 Å². The number of amides is 1. The van der Waals surface area contributed by atoms with E-state index in [1.165, 1.54) is 12.1 Å². The third-order valence-electron chi connectivity index (χ3n) is 5.70. The second-order valence-electron chi connectivity index (χ2n) is 8.35. The number of nitrogens with one attached hydrogen (secondary N) is 2. The summed E-state index contributed by atoms with van der Waals surface area (Å²) in [6, 6.07) is 13.0. The van der Waals surface area contributed by atoms with Gasteiger partial charge in [-0.15, -0.1) is 0 Å². The topological polar surface area (TPSA) is 97.6 Å². The first-order valence-corrected chi connectivity index (χ1v) is 11.1. The van der Waals surface area contributed by atoms with E-state index in [2.05, 4.69) is 30.6 Å². The Morgan fingerprint density at radius 1 is 1.00 bits per heavy atom. The third kappa shape index (κ3) is 4.96. The van der Waals surface area contributed by atoms with Gasteiger partial charge < -0.3 is 15.2 Å². The molecule has 0 spiro atoms. The van der Waals surface area contributed by atoms with Crippen LogP contribution in [0.3, 0.4) is 0 Å². The molecule has 0 aliphatic carbocycles. The first-order chi connectivity index (χ1) is 17.7. The number of aromatic nitrogens is 5. The predicted molar refractivity (Wildman–Crippen MR) is 133 cm³/mol. The van der Waals surface area contributed by atoms with E-state index in [4.69, 9.17) is 0 Å². The maximum atomic E-state index is 13.0. The Balaban J connectivity index is 1.47. The molecule has 0 atom stereocenters. The number of pyridine rings is 1. The van der Waals surface area contributed by atoms with Crippen LogP contribution in [0, 0.1) is 6.92 Å². The van der Waals surface area contributed by atoms with E-state index in [1.54, 1.807) is 53.6 Å². The highest BCUT2D eigenvalue weighted by molar-refractivity contribution is 6.05. The van der Waals surface area contributed by atoms with Crippen molar-refractivity contribution in [3.63, 3.8) is 0 Å². The minimum Gasteiger partial charge on any atom is -0.338 e. The van der Waals surface area contributed by atoms with Crippen LogP contribution in [0.25, 0.3) is 22.6 Å². The normalized spacial score (nSPS) is 11.5. The summed E-state index contributed by atoms with van der Waals surface area (Å²) in [6.07, 6.45) is 0.420. The van der Waals surface area contributed by atoms with Crippen LogP contribution in [0.5, 0.6) is 0 Å². The van der Waals surface area contributed by atoms with Crippen LogP contribution in [-0.2, 0) is 13.2 Å². The Bertz CT molecular complexity index is 1610. The van der Waals surface area contributed by atoms with Crippen LogP contribution in [-0.4, -0.2) is 30.4 Å². The van der Waals surface area contributed by atoms with Crippen molar-refractivity contribution in [2.45, 2.75) is 13.1 Å². The second-order valence-corrected chi connectivity index (χ2v) is 8.35. The van der Waals surface area contributed by atoms with E-state index >= 15 is 0 Å². The fourth-order valence-electron chi connectivity index (χ4n) is 3.73. The quantitative estimate of drug-likeness (QED) is 0.317. The number of hydrogen-bond acceptors (Lipinski definition) is 6. The molecule has 37 heavy (non-hydrogen) atoms. The van der Waals surface area contributed by atoms with Gasteiger partial charge in [-0.2, -0.15) is 13.2 Å². The molecule has 0 bridgehead atoms. The molecule has 0 radical (unpaired) electrons. The fraction of sp³-hybridized carbons (Fsp3) is 0.115. The van der Waals surface area contributed by atoms with Gasteiger partial charge >= 0.3 is 6.18 Å². The summed E-state index contributed by atoms with van der Waals surface area (Å²) in [5, 5.41) is 5.79. The Labute approximate surface area is 209 Å². The van der Waals surface area contributed by atoms with E-state index in [1.807, 2.05) is 14.0 Å². The summed E-state index contributed by atoms with van der Waals surface area (Å²) in [5.41, 5.74) is 2.79. The van der Waals surface area contributed by atoms with Crippen LogP contribution in [0.1, 0.15) is 21.5 Å². The van der Waals surface area contributed by atoms with Crippen molar-refractivity contribution in [2.75, 3.05) is 10.6 Å². The van der Waals surface area contributed by atoms with Gasteiger partial charge in [-0.3, -0.25) is 9.78 Å². The lowest BCUT2D eigenvalue weighted by atomic mass is 10.1. The summed E-state index contributed by atoms with van der Waals surface area (Å²) in [7, 11) is 1.83. The monoisotopic (exact) mass is 503 g/mol. The van der Waals surface area contributed by atoms with Gasteiger partial charge in [0.05, 0.1) is 11.9 Å². The smallest absolute Gasteiger partial charge is 0.338 e. The van der Waals surface area contributed by atoms with Crippen molar-refractivity contribution in [3.05, 3.63) is 90.0 Å². The highest BCUT2D eigenvalue weighted by Gasteiger charge is 2.30. The lowest BCUT2D eigenvalue weighted by molar-refractivity contribution is -0.137. The molecular weight excluding hydrogens is 483 g/mol. The lowest BCUT2D eigenvalue weighted by Gasteiger charge is -2.13. The standard InChI is InChI=1S/C26H20F3N7O/c1-15-6-7-17(25(37)32-19-5-3-4-18(13-19)26(27,28)29)12-20(15)33-23-21-24(36(2)14-31-21)35-22(34-23)16-8-10-30-11-9-16/h3-14H,1-2H3,(H,32,37)(H,33,34,35). The summed E-state index contributed by atoms with van der Waals surface area (Å²) in [5.74, 6) is 0.360. The molecule has 8 nitrogen and oxygen atoms in total. The number of rotatable bonds is 5. The number of carbonyl (C=O) groups is 1. The van der Waals surface area contributed by atoms with Crippen LogP contribution in [0.2, 0.25) is 0 Å². The molecule has 1 amide bonds. The molecule has 5 aromatic rings. The molecule has 2 aromatic carbocycles. The van der Waals surface area contributed by atoms with Gasteiger partial charge in [-0.05, 0) is 55.0 Å². The summed E-state index contributed by atoms with van der Waals surface area (Å²) in [4.78, 5) is 30.6. The Morgan fingerprint density at radius 2 is 1.78 bits per heavy atom. The highest BCUT2D eigenvalue weighted by atomic mass is 19.4. The SMILES string of the molecule is Cc1ccc(C(=O)Nc2cccc(C(F)(F)F)c2)cc1Nc1nc(-c2ccncc2)nc2c1ncn2C. The number of benzene rings is 2. The zero-order valence-corrected chi connectivity index (χ0v) is 19.7. The fourth-order valence-corrected chi connectivity index (χ4v) is 3.73. The van der Waals surface area contributed by atoms with Crippen molar-refractivity contribution in [3.8, 4) is 11.4 Å². The van der Waals surface area contributed by atoms with Crippen molar-refractivity contribution < 1.29 is 18.0 Å². The highest BCUT2D eigenvalue weighted by Crippen LogP contribution is 2.31. The third-order valence-corrected chi connectivity index (χ3v) is 5.70. The Kier molecular flexibility index (Phi) is 6.04. The van der Waals surface area contributed by atoms with E-state index in [0.717, 1.165) is 23.3 Å². The van der Waals surface area contributed by atoms with Gasteiger partial charge in [-0.25, -0.2) is 15.0 Å². The Morgan fingerprint density at radius 3 is 2.54 bits per heavy atom. The van der Waals surface area contributed by atoms with Crippen molar-refractivity contribution in [1.82, 2.24) is 24.5 Å². The van der Waals surface area contributed by atoms with Crippen LogP contribution >= 0.6 is 0 Å². The molecule has 3 aromatic heterocycles. The van der Waals surface area contributed by atoms with Crippen LogP contribution in [0.15, 0.2) is 73.3 Å². The average Bonchev–Trinajstić information content (AvgIpc) is 3.26. The predicted octanol–water partition coefficient (Wildman–Crippen LogP) is 5.75. The molecule has 186 valence electrons.